The average Bonchev–Trinajstić information content (AvgIpc) is 3.22. The van der Waals surface area contributed by atoms with Crippen molar-refractivity contribution in [1.82, 2.24) is 15.2 Å². The van der Waals surface area contributed by atoms with Crippen LogP contribution in [-0.4, -0.2) is 37.6 Å². The lowest BCUT2D eigenvalue weighted by Crippen LogP contribution is -2.42. The van der Waals surface area contributed by atoms with Crippen molar-refractivity contribution in [2.75, 3.05) is 13.1 Å². The highest BCUT2D eigenvalue weighted by Gasteiger charge is 2.27. The molecule has 1 aliphatic heterocycles. The van der Waals surface area contributed by atoms with Gasteiger partial charge < -0.3 is 0 Å². The molecule has 2 aromatic carbocycles. The van der Waals surface area contributed by atoms with Crippen molar-refractivity contribution in [1.29, 1.82) is 0 Å². The van der Waals surface area contributed by atoms with Crippen molar-refractivity contribution in [3.8, 4) is 0 Å². The first kappa shape index (κ1) is 20.0. The van der Waals surface area contributed by atoms with E-state index in [-0.39, 0.29) is 16.9 Å². The van der Waals surface area contributed by atoms with Gasteiger partial charge in [0.05, 0.1) is 11.3 Å². The predicted molar refractivity (Wildman–Crippen MR) is 100 cm³/mol. The fraction of sp³-hybridized carbons (Fsp3) is 0.263. The first-order valence-corrected chi connectivity index (χ1v) is 10.2. The number of amides is 2. The topological polar surface area (TPSA) is 95.6 Å². The molecule has 0 aliphatic carbocycles. The molecule has 2 N–H and O–H groups in total. The van der Waals surface area contributed by atoms with Crippen LogP contribution in [0, 0.1) is 5.82 Å². The quantitative estimate of drug-likeness (QED) is 0.739. The lowest BCUT2D eigenvalue weighted by molar-refractivity contribution is -0.121. The highest BCUT2D eigenvalue weighted by molar-refractivity contribution is 7.89. The molecule has 0 atom stereocenters. The van der Waals surface area contributed by atoms with E-state index in [9.17, 15) is 22.4 Å². The lowest BCUT2D eigenvalue weighted by atomic mass is 10.1. The molecule has 7 nitrogen and oxygen atoms in total. The van der Waals surface area contributed by atoms with Crippen LogP contribution >= 0.6 is 0 Å². The molecule has 2 aromatic rings. The number of nitrogens with one attached hydrogen (secondary N) is 2. The summed E-state index contributed by atoms with van der Waals surface area (Å²) >= 11 is 0. The first-order valence-electron chi connectivity index (χ1n) is 8.80. The molecule has 1 saturated heterocycles. The van der Waals surface area contributed by atoms with Crippen molar-refractivity contribution in [2.45, 2.75) is 24.2 Å². The van der Waals surface area contributed by atoms with Gasteiger partial charge in [-0.2, -0.15) is 4.31 Å². The number of hydrazine groups is 1. The van der Waals surface area contributed by atoms with E-state index in [0.717, 1.165) is 12.8 Å². The van der Waals surface area contributed by atoms with Gasteiger partial charge >= 0.3 is 0 Å². The zero-order valence-corrected chi connectivity index (χ0v) is 15.8. The summed E-state index contributed by atoms with van der Waals surface area (Å²) in [6, 6.07) is 11.2. The smallest absolute Gasteiger partial charge is 0.269 e. The second kappa shape index (κ2) is 8.49. The molecule has 148 valence electrons. The summed E-state index contributed by atoms with van der Waals surface area (Å²) in [4.78, 5) is 24.2. The monoisotopic (exact) mass is 405 g/mol. The van der Waals surface area contributed by atoms with Gasteiger partial charge in [0.1, 0.15) is 5.82 Å². The van der Waals surface area contributed by atoms with Gasteiger partial charge in [-0.15, -0.1) is 0 Å². The molecule has 0 saturated carbocycles. The van der Waals surface area contributed by atoms with Crippen LogP contribution in [0.5, 0.6) is 0 Å². The van der Waals surface area contributed by atoms with Crippen LogP contribution in [0.1, 0.15) is 28.8 Å². The van der Waals surface area contributed by atoms with Gasteiger partial charge in [0.2, 0.25) is 15.9 Å². The molecule has 9 heteroatoms. The molecule has 0 unspecified atom stereocenters. The fourth-order valence-corrected chi connectivity index (χ4v) is 4.51. The maximum atomic E-state index is 13.1. The Morgan fingerprint density at radius 3 is 2.43 bits per heavy atom. The number of halogens is 1. The number of sulfonamides is 1. The summed E-state index contributed by atoms with van der Waals surface area (Å²) in [5.74, 6) is -1.63. The van der Waals surface area contributed by atoms with Crippen LogP contribution in [0.4, 0.5) is 4.39 Å². The van der Waals surface area contributed by atoms with Crippen LogP contribution in [0.3, 0.4) is 0 Å². The minimum Gasteiger partial charge on any atom is -0.273 e. The Morgan fingerprint density at radius 2 is 1.71 bits per heavy atom. The maximum Gasteiger partial charge on any atom is 0.269 e. The molecule has 3 rings (SSSR count). The number of rotatable bonds is 5. The molecular formula is C19H20FN3O4S. The Kier molecular flexibility index (Phi) is 6.05. The molecular weight excluding hydrogens is 385 g/mol. The van der Waals surface area contributed by atoms with Crippen molar-refractivity contribution >= 4 is 21.8 Å². The van der Waals surface area contributed by atoms with Crippen LogP contribution in [0.2, 0.25) is 0 Å². The van der Waals surface area contributed by atoms with Gasteiger partial charge in [-0.05, 0) is 48.7 Å². The molecule has 28 heavy (non-hydrogen) atoms. The van der Waals surface area contributed by atoms with Gasteiger partial charge in [-0.3, -0.25) is 20.4 Å². The second-order valence-corrected chi connectivity index (χ2v) is 8.39. The van der Waals surface area contributed by atoms with Gasteiger partial charge in [0.15, 0.2) is 0 Å². The maximum absolute atomic E-state index is 13.1. The Labute approximate surface area is 162 Å². The van der Waals surface area contributed by atoms with Crippen LogP contribution in [-0.2, 0) is 21.2 Å². The largest absolute Gasteiger partial charge is 0.273 e. The highest BCUT2D eigenvalue weighted by atomic mass is 32.2. The van der Waals surface area contributed by atoms with E-state index >= 15 is 0 Å². The van der Waals surface area contributed by atoms with Crippen molar-refractivity contribution in [3.63, 3.8) is 0 Å². The third-order valence-electron chi connectivity index (χ3n) is 4.37. The lowest BCUT2D eigenvalue weighted by Gasteiger charge is -2.16. The molecule has 1 aliphatic rings. The Bertz CT molecular complexity index is 988. The molecule has 0 radical (unpaired) electrons. The van der Waals surface area contributed by atoms with Crippen LogP contribution in [0.25, 0.3) is 0 Å². The Hall–Kier alpha value is -2.78. The average molecular weight is 405 g/mol. The number of hydrogen-bond donors (Lipinski definition) is 2. The summed E-state index contributed by atoms with van der Waals surface area (Å²) in [7, 11) is -3.64. The summed E-state index contributed by atoms with van der Waals surface area (Å²) in [5.41, 5.74) is 5.05. The van der Waals surface area contributed by atoms with E-state index in [1.807, 2.05) is 0 Å². The van der Waals surface area contributed by atoms with Crippen molar-refractivity contribution in [2.24, 2.45) is 0 Å². The van der Waals surface area contributed by atoms with Gasteiger partial charge in [-0.1, -0.05) is 18.2 Å². The Balaban J connectivity index is 1.62. The predicted octanol–water partition coefficient (Wildman–Crippen LogP) is 1.61. The summed E-state index contributed by atoms with van der Waals surface area (Å²) < 4.78 is 39.7. The van der Waals surface area contributed by atoms with E-state index in [2.05, 4.69) is 10.9 Å². The van der Waals surface area contributed by atoms with Crippen LogP contribution < -0.4 is 10.9 Å². The zero-order chi connectivity index (χ0) is 20.1. The van der Waals surface area contributed by atoms with E-state index in [0.29, 0.717) is 18.7 Å². The minimum absolute atomic E-state index is 0.0353. The van der Waals surface area contributed by atoms with Gasteiger partial charge in [0, 0.05) is 18.7 Å². The summed E-state index contributed by atoms with van der Waals surface area (Å²) in [6.07, 6.45) is 1.52. The number of nitrogens with zero attached hydrogens (tertiary/aromatic N) is 1. The van der Waals surface area contributed by atoms with E-state index < -0.39 is 27.7 Å². The SMILES string of the molecule is O=C(Cc1cccc(F)c1)NNC(=O)c1cccc(S(=O)(=O)N2CCCC2)c1. The summed E-state index contributed by atoms with van der Waals surface area (Å²) in [5, 5.41) is 0. The molecule has 1 heterocycles. The van der Waals surface area contributed by atoms with Gasteiger partial charge in [0.25, 0.3) is 5.91 Å². The number of benzene rings is 2. The number of carbonyl (C=O) groups is 2. The molecule has 0 bridgehead atoms. The molecule has 2 amide bonds. The van der Waals surface area contributed by atoms with E-state index in [1.54, 1.807) is 6.07 Å². The molecule has 1 fully saturated rings. The zero-order valence-electron chi connectivity index (χ0n) is 15.0. The van der Waals surface area contributed by atoms with Crippen molar-refractivity contribution in [3.05, 3.63) is 65.5 Å². The third-order valence-corrected chi connectivity index (χ3v) is 6.26. The van der Waals surface area contributed by atoms with E-state index in [4.69, 9.17) is 0 Å². The number of carbonyl (C=O) groups excluding carboxylic acids is 2. The Morgan fingerprint density at radius 1 is 1.00 bits per heavy atom. The third kappa shape index (κ3) is 4.73. The second-order valence-electron chi connectivity index (χ2n) is 6.45. The normalized spacial score (nSPS) is 14.6. The van der Waals surface area contributed by atoms with E-state index in [1.165, 1.54) is 46.8 Å². The van der Waals surface area contributed by atoms with Gasteiger partial charge in [-0.25, -0.2) is 12.8 Å². The number of hydrogen-bond acceptors (Lipinski definition) is 4. The minimum atomic E-state index is -3.64. The fourth-order valence-electron chi connectivity index (χ4n) is 2.95. The molecule has 0 aromatic heterocycles. The van der Waals surface area contributed by atoms with Crippen molar-refractivity contribution < 1.29 is 22.4 Å². The van der Waals surface area contributed by atoms with Crippen LogP contribution in [0.15, 0.2) is 53.4 Å². The summed E-state index contributed by atoms with van der Waals surface area (Å²) in [6.45, 7) is 0.934. The first-order chi connectivity index (χ1) is 13.4. The standard InChI is InChI=1S/C19H20FN3O4S/c20-16-7-3-5-14(11-16)12-18(24)21-22-19(25)15-6-4-8-17(13-15)28(26,27)23-9-1-2-10-23/h3-8,11,13H,1-2,9-10,12H2,(H,21,24)(H,22,25). The molecule has 0 spiro atoms. The highest BCUT2D eigenvalue weighted by Crippen LogP contribution is 2.21.